The largest absolute Gasteiger partial charge is 0.396 e. The number of pyridine rings is 1. The number of carbonyl (C=O) groups is 2. The first-order valence-electron chi connectivity index (χ1n) is 15.7. The second kappa shape index (κ2) is 15.2. The van der Waals surface area contributed by atoms with Crippen LogP contribution in [-0.2, 0) is 6.54 Å². The number of aromatic nitrogens is 1. The van der Waals surface area contributed by atoms with Gasteiger partial charge in [0.25, 0.3) is 17.4 Å². The Hall–Kier alpha value is -3.95. The van der Waals surface area contributed by atoms with Gasteiger partial charge in [-0.15, -0.1) is 0 Å². The van der Waals surface area contributed by atoms with Crippen LogP contribution in [0.4, 0.5) is 5.69 Å². The lowest BCUT2D eigenvalue weighted by atomic mass is 9.89. The third-order valence-corrected chi connectivity index (χ3v) is 8.84. The van der Waals surface area contributed by atoms with E-state index in [1.807, 2.05) is 52.1 Å². The maximum Gasteiger partial charge on any atom is 0.253 e. The number of nitrogens with one attached hydrogen (secondary N) is 4. The number of aryl methyl sites for hydroxylation is 2. The summed E-state index contributed by atoms with van der Waals surface area (Å²) < 4.78 is 0. The van der Waals surface area contributed by atoms with Crippen LogP contribution in [0.2, 0.25) is 0 Å². The van der Waals surface area contributed by atoms with Gasteiger partial charge in [-0.05, 0) is 119 Å². The molecule has 0 atom stereocenters. The Morgan fingerprint density at radius 3 is 2.27 bits per heavy atom. The van der Waals surface area contributed by atoms with Gasteiger partial charge < -0.3 is 30.9 Å². The van der Waals surface area contributed by atoms with Gasteiger partial charge in [-0.25, -0.2) is 0 Å². The van der Waals surface area contributed by atoms with Crippen molar-refractivity contribution in [1.82, 2.24) is 20.9 Å². The highest BCUT2D eigenvalue weighted by Crippen LogP contribution is 2.35. The molecule has 1 fully saturated rings. The summed E-state index contributed by atoms with van der Waals surface area (Å²) in [7, 11) is 2.02. The van der Waals surface area contributed by atoms with Crippen LogP contribution in [0.25, 0.3) is 11.1 Å². The normalized spacial score (nSPS) is 16.4. The number of hydrogen-bond acceptors (Lipinski definition) is 6. The first-order valence-corrected chi connectivity index (χ1v) is 15.7. The summed E-state index contributed by atoms with van der Waals surface area (Å²) in [6.07, 6.45) is 4.86. The number of benzene rings is 2. The van der Waals surface area contributed by atoms with E-state index in [9.17, 15) is 14.4 Å². The minimum Gasteiger partial charge on any atom is -0.396 e. The van der Waals surface area contributed by atoms with E-state index in [0.717, 1.165) is 65.9 Å². The van der Waals surface area contributed by atoms with Gasteiger partial charge in [0.05, 0.1) is 0 Å². The number of amides is 2. The molecule has 1 aliphatic carbocycles. The van der Waals surface area contributed by atoms with Crippen molar-refractivity contribution < 1.29 is 14.7 Å². The molecule has 2 aromatic carbocycles. The van der Waals surface area contributed by atoms with Crippen LogP contribution in [0.3, 0.4) is 0 Å². The molecule has 0 aliphatic heterocycles. The third-order valence-electron chi connectivity index (χ3n) is 8.84. The van der Waals surface area contributed by atoms with Crippen LogP contribution in [0.15, 0.2) is 47.3 Å². The molecule has 9 heteroatoms. The number of carbonyl (C=O) groups excluding carboxylic acids is 2. The van der Waals surface area contributed by atoms with Gasteiger partial charge in [0.15, 0.2) is 0 Å². The molecule has 9 nitrogen and oxygen atoms in total. The average molecular weight is 602 g/mol. The summed E-state index contributed by atoms with van der Waals surface area (Å²) in [4.78, 5) is 44.2. The molecule has 0 bridgehead atoms. The van der Waals surface area contributed by atoms with Crippen molar-refractivity contribution >= 4 is 17.5 Å². The highest BCUT2D eigenvalue weighted by atomic mass is 16.3. The van der Waals surface area contributed by atoms with Gasteiger partial charge >= 0.3 is 0 Å². The van der Waals surface area contributed by atoms with Crippen LogP contribution < -0.4 is 26.4 Å². The number of nitrogens with zero attached hydrogens (tertiary/aromatic N) is 1. The summed E-state index contributed by atoms with van der Waals surface area (Å²) in [6, 6.07) is 14.2. The fourth-order valence-corrected chi connectivity index (χ4v) is 6.26. The van der Waals surface area contributed by atoms with Gasteiger partial charge in [0.2, 0.25) is 0 Å². The number of aromatic amines is 1. The maximum absolute atomic E-state index is 13.8. The molecule has 1 heterocycles. The molecule has 1 saturated carbocycles. The molecule has 1 aromatic heterocycles. The van der Waals surface area contributed by atoms with Gasteiger partial charge in [0, 0.05) is 66.4 Å². The smallest absolute Gasteiger partial charge is 0.253 e. The summed E-state index contributed by atoms with van der Waals surface area (Å²) in [5.41, 5.74) is 6.78. The van der Waals surface area contributed by atoms with E-state index in [0.29, 0.717) is 41.7 Å². The lowest BCUT2D eigenvalue weighted by Crippen LogP contribution is -2.42. The topological polar surface area (TPSA) is 127 Å². The molecule has 0 spiro atoms. The van der Waals surface area contributed by atoms with Crippen LogP contribution in [0.5, 0.6) is 0 Å². The van der Waals surface area contributed by atoms with Crippen LogP contribution in [0, 0.1) is 20.8 Å². The van der Waals surface area contributed by atoms with Crippen LogP contribution in [-0.4, -0.2) is 60.7 Å². The Kier molecular flexibility index (Phi) is 11.4. The third kappa shape index (κ3) is 7.76. The van der Waals surface area contributed by atoms with Crippen molar-refractivity contribution in [2.45, 2.75) is 78.4 Å². The van der Waals surface area contributed by atoms with E-state index in [1.54, 1.807) is 12.1 Å². The zero-order valence-electron chi connectivity index (χ0n) is 26.7. The van der Waals surface area contributed by atoms with E-state index in [2.05, 4.69) is 38.8 Å². The van der Waals surface area contributed by atoms with Crippen molar-refractivity contribution in [3.63, 3.8) is 0 Å². The van der Waals surface area contributed by atoms with Crippen LogP contribution >= 0.6 is 0 Å². The molecule has 2 amide bonds. The fourth-order valence-electron chi connectivity index (χ4n) is 6.26. The lowest BCUT2D eigenvalue weighted by Gasteiger charge is -2.39. The van der Waals surface area contributed by atoms with Crippen molar-refractivity contribution in [3.8, 4) is 11.1 Å². The summed E-state index contributed by atoms with van der Waals surface area (Å²) in [5.74, 6) is -0.426. The first-order chi connectivity index (χ1) is 21.2. The van der Waals surface area contributed by atoms with Crippen LogP contribution in [0.1, 0.15) is 82.1 Å². The zero-order chi connectivity index (χ0) is 31.8. The van der Waals surface area contributed by atoms with E-state index in [1.165, 1.54) is 0 Å². The molecular weight excluding hydrogens is 554 g/mol. The monoisotopic (exact) mass is 601 g/mol. The highest BCUT2D eigenvalue weighted by Gasteiger charge is 2.27. The van der Waals surface area contributed by atoms with E-state index >= 15 is 0 Å². The standard InChI is InChI=1S/C35H47N5O4/c1-6-40(29-14-12-28(36-5)13-15-29)32-20-27(25-8-10-26(11-9-25)33(42)37-16-7-17-41)19-30(24(32)4)34(43)38-21-31-22(2)18-23(3)39-35(31)44/h8-11,18-20,28-29,36,41H,6-7,12-17,21H2,1-5H3,(H,37,42)(H,38,43)(H,39,44). The van der Waals surface area contributed by atoms with Crippen molar-refractivity contribution in [3.05, 3.63) is 86.3 Å². The van der Waals surface area contributed by atoms with Crippen molar-refractivity contribution in [1.29, 1.82) is 0 Å². The second-order valence-electron chi connectivity index (χ2n) is 11.8. The Balaban J connectivity index is 1.69. The summed E-state index contributed by atoms with van der Waals surface area (Å²) in [6.45, 7) is 9.26. The molecule has 0 radical (unpaired) electrons. The SMILES string of the molecule is CCN(c1cc(-c2ccc(C(=O)NCCCO)cc2)cc(C(=O)NCc2c(C)cc(C)[nH]c2=O)c1C)C1CCC(NC)CC1. The van der Waals surface area contributed by atoms with Crippen molar-refractivity contribution in [2.75, 3.05) is 31.6 Å². The number of anilines is 1. The van der Waals surface area contributed by atoms with E-state index in [4.69, 9.17) is 5.11 Å². The Bertz CT molecular complexity index is 1510. The van der Waals surface area contributed by atoms with E-state index in [-0.39, 0.29) is 30.5 Å². The quantitative estimate of drug-likeness (QED) is 0.196. The van der Waals surface area contributed by atoms with Gasteiger partial charge in [0.1, 0.15) is 0 Å². The predicted molar refractivity (Wildman–Crippen MR) is 176 cm³/mol. The van der Waals surface area contributed by atoms with Gasteiger partial charge in [-0.2, -0.15) is 0 Å². The first kappa shape index (κ1) is 33.0. The number of aliphatic hydroxyl groups is 1. The summed E-state index contributed by atoms with van der Waals surface area (Å²) >= 11 is 0. The second-order valence-corrected chi connectivity index (χ2v) is 11.8. The molecular formula is C35H47N5O4. The predicted octanol–water partition coefficient (Wildman–Crippen LogP) is 4.37. The molecule has 3 aromatic rings. The lowest BCUT2D eigenvalue weighted by molar-refractivity contribution is 0.0942. The molecule has 44 heavy (non-hydrogen) atoms. The van der Waals surface area contributed by atoms with Crippen molar-refractivity contribution in [2.24, 2.45) is 0 Å². The van der Waals surface area contributed by atoms with E-state index < -0.39 is 0 Å². The Labute approximate surface area is 260 Å². The van der Waals surface area contributed by atoms with Gasteiger partial charge in [-0.1, -0.05) is 12.1 Å². The Morgan fingerprint density at radius 2 is 1.66 bits per heavy atom. The van der Waals surface area contributed by atoms with Gasteiger partial charge in [-0.3, -0.25) is 14.4 Å². The summed E-state index contributed by atoms with van der Waals surface area (Å²) in [5, 5.41) is 18.2. The number of rotatable bonds is 12. The Morgan fingerprint density at radius 1 is 0.955 bits per heavy atom. The minimum atomic E-state index is -0.236. The molecule has 0 saturated heterocycles. The average Bonchev–Trinajstić information content (AvgIpc) is 3.02. The molecule has 5 N–H and O–H groups in total. The minimum absolute atomic E-state index is 0.0255. The maximum atomic E-state index is 13.8. The number of aliphatic hydroxyl groups excluding tert-OH is 1. The molecule has 236 valence electrons. The fraction of sp³-hybridized carbons (Fsp3) is 0.457. The molecule has 4 rings (SSSR count). The molecule has 0 unspecified atom stereocenters. The number of H-pyrrole nitrogens is 1. The molecule has 1 aliphatic rings. The zero-order valence-corrected chi connectivity index (χ0v) is 26.7. The highest BCUT2D eigenvalue weighted by molar-refractivity contribution is 5.99. The number of hydrogen-bond donors (Lipinski definition) is 5.